The molecule has 232 valence electrons. The molecule has 3 N–H and O–H groups in total. The van der Waals surface area contributed by atoms with E-state index in [0.29, 0.717) is 48.8 Å². The lowest BCUT2D eigenvalue weighted by Crippen LogP contribution is -2.44. The topological polar surface area (TPSA) is 159 Å². The molecule has 43 heavy (non-hydrogen) atoms. The van der Waals surface area contributed by atoms with Gasteiger partial charge in [-0.05, 0) is 55.4 Å². The molecule has 1 aromatic carbocycles. The number of carboxylic acid groups (broad SMARTS) is 1. The number of benzene rings is 1. The van der Waals surface area contributed by atoms with Gasteiger partial charge in [-0.1, -0.05) is 29.4 Å². The molecule has 0 bridgehead atoms. The summed E-state index contributed by atoms with van der Waals surface area (Å²) in [6, 6.07) is 9.87. The second kappa shape index (κ2) is 11.9. The van der Waals surface area contributed by atoms with Gasteiger partial charge in [0, 0.05) is 18.5 Å². The smallest absolute Gasteiger partial charge is 0.452 e. The Morgan fingerprint density at radius 3 is 2.70 bits per heavy atom. The van der Waals surface area contributed by atoms with E-state index in [1.54, 1.807) is 24.3 Å². The van der Waals surface area contributed by atoms with E-state index in [9.17, 15) is 41.4 Å². The van der Waals surface area contributed by atoms with Crippen molar-refractivity contribution in [2.24, 2.45) is 0 Å². The van der Waals surface area contributed by atoms with E-state index in [-0.39, 0.29) is 40.5 Å². The predicted octanol–water partition coefficient (Wildman–Crippen LogP) is 4.24. The number of hydrogen-bond acceptors (Lipinski definition) is 9. The molecule has 1 aliphatic carbocycles. The number of nitrogens with one attached hydrogen (secondary N) is 1. The summed E-state index contributed by atoms with van der Waals surface area (Å²) < 4.78 is 76.8. The number of aliphatic hydroxyl groups is 1. The second-order valence-corrected chi connectivity index (χ2v) is 13.4. The van der Waals surface area contributed by atoms with E-state index in [1.807, 2.05) is 0 Å². The number of rotatable bonds is 11. The number of thiophene rings is 1. The Labute approximate surface area is 248 Å². The maximum absolute atomic E-state index is 13.2. The minimum absolute atomic E-state index is 0.0124. The van der Waals surface area contributed by atoms with Crippen molar-refractivity contribution in [3.8, 4) is 10.6 Å². The van der Waals surface area contributed by atoms with Gasteiger partial charge < -0.3 is 24.4 Å². The van der Waals surface area contributed by atoms with Gasteiger partial charge in [0.25, 0.3) is 10.0 Å². The Balaban J connectivity index is 1.25. The van der Waals surface area contributed by atoms with Crippen molar-refractivity contribution in [2.45, 2.75) is 60.0 Å². The van der Waals surface area contributed by atoms with Gasteiger partial charge >= 0.3 is 18.2 Å². The van der Waals surface area contributed by atoms with Crippen LogP contribution in [-0.4, -0.2) is 72.1 Å². The van der Waals surface area contributed by atoms with Crippen LogP contribution in [-0.2, 0) is 32.2 Å². The molecule has 1 amide bonds. The Morgan fingerprint density at radius 1 is 1.23 bits per heavy atom. The third kappa shape index (κ3) is 6.41. The van der Waals surface area contributed by atoms with E-state index in [1.165, 1.54) is 11.0 Å². The standard InChI is InChI=1S/C27H28F3N3O8S2/c28-27(29,30)22-13-20(31-41-22)21-9-10-23(42-21)43(38,39)32-26(24(35)36)14-19(26)18-8-2-1-5-16(18)6-4-12-40-25(37)33-11-3-7-17(33)15-34/h1-2,5,8-10,13,17,19,32,34H,3-4,6-7,11-12,14-15H2,(H,35,36)/t17-,19?,26?/m0/s1. The molecule has 3 aromatic rings. The third-order valence-corrected chi connectivity index (χ3v) is 10.7. The van der Waals surface area contributed by atoms with Gasteiger partial charge in [-0.15, -0.1) is 11.3 Å². The van der Waals surface area contributed by atoms with Crippen LogP contribution >= 0.6 is 11.3 Å². The van der Waals surface area contributed by atoms with Gasteiger partial charge in [0.05, 0.1) is 24.1 Å². The van der Waals surface area contributed by atoms with Crippen LogP contribution < -0.4 is 4.72 Å². The Kier molecular flexibility index (Phi) is 8.57. The van der Waals surface area contributed by atoms with Crippen molar-refractivity contribution in [3.63, 3.8) is 0 Å². The normalized spacial score (nSPS) is 22.1. The van der Waals surface area contributed by atoms with Gasteiger partial charge in [0.1, 0.15) is 15.4 Å². The van der Waals surface area contributed by atoms with E-state index >= 15 is 0 Å². The molecule has 16 heteroatoms. The van der Waals surface area contributed by atoms with Crippen LogP contribution in [0.25, 0.3) is 10.6 Å². The van der Waals surface area contributed by atoms with Gasteiger partial charge in [-0.25, -0.2) is 13.2 Å². The van der Waals surface area contributed by atoms with E-state index < -0.39 is 45.5 Å². The molecule has 2 aliphatic rings. The third-order valence-electron chi connectivity index (χ3n) is 7.62. The van der Waals surface area contributed by atoms with Crippen LogP contribution in [0.4, 0.5) is 18.0 Å². The highest BCUT2D eigenvalue weighted by atomic mass is 32.2. The highest BCUT2D eigenvalue weighted by Crippen LogP contribution is 2.53. The fourth-order valence-electron chi connectivity index (χ4n) is 5.32. The fourth-order valence-corrected chi connectivity index (χ4v) is 7.98. The van der Waals surface area contributed by atoms with Crippen LogP contribution in [0.2, 0.25) is 0 Å². The zero-order chi connectivity index (χ0) is 31.0. The SMILES string of the molecule is O=C(OCCCc1ccccc1C1CC1(NS(=O)(=O)c1ccc(-c2cc(C(F)(F)F)on2)s1)C(=O)O)N1CCC[C@H]1CO. The van der Waals surface area contributed by atoms with Crippen molar-refractivity contribution in [1.29, 1.82) is 0 Å². The first-order valence-electron chi connectivity index (χ1n) is 13.4. The highest BCUT2D eigenvalue weighted by Gasteiger charge is 2.63. The molecule has 2 aromatic heterocycles. The highest BCUT2D eigenvalue weighted by molar-refractivity contribution is 7.91. The number of carboxylic acids is 1. The second-order valence-electron chi connectivity index (χ2n) is 10.4. The van der Waals surface area contributed by atoms with E-state index in [2.05, 4.69) is 14.4 Å². The fraction of sp³-hybridized carbons (Fsp3) is 0.444. The summed E-state index contributed by atoms with van der Waals surface area (Å²) >= 11 is 0.632. The number of halogens is 3. The van der Waals surface area contributed by atoms with Crippen molar-refractivity contribution in [2.75, 3.05) is 19.8 Å². The molecule has 5 rings (SSSR count). The first-order chi connectivity index (χ1) is 20.4. The minimum atomic E-state index is -4.76. The van der Waals surface area contributed by atoms with Gasteiger partial charge in [0.15, 0.2) is 0 Å². The molecule has 11 nitrogen and oxygen atoms in total. The molecule has 2 unspecified atom stereocenters. The van der Waals surface area contributed by atoms with Gasteiger partial charge in [0.2, 0.25) is 5.76 Å². The molecular weight excluding hydrogens is 615 g/mol. The molecular formula is C27H28F3N3O8S2. The monoisotopic (exact) mass is 643 g/mol. The van der Waals surface area contributed by atoms with Crippen LogP contribution in [0, 0.1) is 0 Å². The number of likely N-dealkylation sites (tertiary alicyclic amines) is 1. The van der Waals surface area contributed by atoms with Crippen molar-refractivity contribution < 1.29 is 50.7 Å². The van der Waals surface area contributed by atoms with Crippen molar-refractivity contribution in [1.82, 2.24) is 14.8 Å². The number of carbonyl (C=O) groups excluding carboxylic acids is 1. The molecule has 0 spiro atoms. The Bertz CT molecular complexity index is 1610. The minimum Gasteiger partial charge on any atom is -0.480 e. The van der Waals surface area contributed by atoms with E-state index in [0.717, 1.165) is 18.1 Å². The zero-order valence-electron chi connectivity index (χ0n) is 22.5. The van der Waals surface area contributed by atoms with Gasteiger partial charge in [-0.2, -0.15) is 17.9 Å². The molecule has 3 heterocycles. The summed E-state index contributed by atoms with van der Waals surface area (Å²) in [6.07, 6.45) is -2.87. The number of amides is 1. The number of aliphatic hydroxyl groups excluding tert-OH is 1. The largest absolute Gasteiger partial charge is 0.480 e. The Hall–Kier alpha value is -3.47. The summed E-state index contributed by atoms with van der Waals surface area (Å²) in [5, 5.41) is 22.9. The molecule has 1 aliphatic heterocycles. The number of carbonyl (C=O) groups is 2. The van der Waals surface area contributed by atoms with Crippen LogP contribution in [0.5, 0.6) is 0 Å². The Morgan fingerprint density at radius 2 is 2.00 bits per heavy atom. The quantitative estimate of drug-likeness (QED) is 0.260. The number of sulfonamides is 1. The maximum Gasteiger partial charge on any atom is 0.452 e. The van der Waals surface area contributed by atoms with Crippen molar-refractivity contribution in [3.05, 3.63) is 59.4 Å². The summed E-state index contributed by atoms with van der Waals surface area (Å²) in [6.45, 7) is 0.505. The molecule has 3 atom stereocenters. The number of hydrogen-bond donors (Lipinski definition) is 3. The summed E-state index contributed by atoms with van der Waals surface area (Å²) in [4.78, 5) is 26.3. The molecule has 1 saturated heterocycles. The van der Waals surface area contributed by atoms with Crippen molar-refractivity contribution >= 4 is 33.4 Å². The number of ether oxygens (including phenoxy) is 1. The lowest BCUT2D eigenvalue weighted by Gasteiger charge is -2.22. The summed E-state index contributed by atoms with van der Waals surface area (Å²) in [5.41, 5.74) is -0.597. The summed E-state index contributed by atoms with van der Waals surface area (Å²) in [7, 11) is -4.38. The number of aromatic nitrogens is 1. The average Bonchev–Trinajstić information content (AvgIpc) is 3.45. The number of aryl methyl sites for hydroxylation is 1. The lowest BCUT2D eigenvalue weighted by molar-refractivity contribution is -0.155. The first-order valence-corrected chi connectivity index (χ1v) is 15.7. The summed E-state index contributed by atoms with van der Waals surface area (Å²) in [5.74, 6) is -3.38. The van der Waals surface area contributed by atoms with Crippen LogP contribution in [0.1, 0.15) is 48.5 Å². The molecule has 2 fully saturated rings. The van der Waals surface area contributed by atoms with Gasteiger partial charge in [-0.3, -0.25) is 4.79 Å². The lowest BCUT2D eigenvalue weighted by atomic mass is 9.97. The first kappa shape index (κ1) is 31.0. The van der Waals surface area contributed by atoms with Crippen LogP contribution in [0.3, 0.4) is 0 Å². The zero-order valence-corrected chi connectivity index (χ0v) is 24.2. The number of alkyl halides is 3. The number of aliphatic carboxylic acids is 1. The van der Waals surface area contributed by atoms with Crippen LogP contribution in [0.15, 0.2) is 51.2 Å². The number of nitrogens with zero attached hydrogens (tertiary/aromatic N) is 2. The molecule has 1 saturated carbocycles. The average molecular weight is 644 g/mol. The predicted molar refractivity (Wildman–Crippen MR) is 146 cm³/mol. The molecule has 0 radical (unpaired) electrons. The maximum atomic E-state index is 13.2. The van der Waals surface area contributed by atoms with E-state index in [4.69, 9.17) is 4.74 Å².